The smallest absolute Gasteiger partial charge is 0.244 e. The number of hydrogen-bond donors (Lipinski definition) is 1. The first kappa shape index (κ1) is 12.5. The molecule has 0 atom stereocenters. The fraction of sp³-hybridized carbons (Fsp3) is 0.357. The van der Waals surface area contributed by atoms with Crippen molar-refractivity contribution in [3.8, 4) is 11.5 Å². The lowest BCUT2D eigenvalue weighted by Gasteiger charge is -2.18. The molecule has 1 aromatic rings. The van der Waals surface area contributed by atoms with Crippen LogP contribution in [0, 0.1) is 0 Å². The lowest BCUT2D eigenvalue weighted by Crippen LogP contribution is -2.21. The minimum Gasteiger partial charge on any atom is -0.486 e. The lowest BCUT2D eigenvalue weighted by atomic mass is 10.2. The third-order valence-electron chi connectivity index (χ3n) is 2.49. The van der Waals surface area contributed by atoms with Crippen LogP contribution < -0.4 is 14.8 Å². The summed E-state index contributed by atoms with van der Waals surface area (Å²) in [4.78, 5) is 11.5. The first-order chi connectivity index (χ1) is 8.65. The molecule has 1 aliphatic rings. The molecule has 0 unspecified atom stereocenters. The third-order valence-corrected chi connectivity index (χ3v) is 2.49. The lowest BCUT2D eigenvalue weighted by molar-refractivity contribution is -0.116. The highest BCUT2D eigenvalue weighted by molar-refractivity contribution is 5.87. The van der Waals surface area contributed by atoms with Crippen molar-refractivity contribution in [2.24, 2.45) is 0 Å². The van der Waals surface area contributed by atoms with Gasteiger partial charge in [-0.05, 0) is 31.5 Å². The van der Waals surface area contributed by atoms with E-state index >= 15 is 0 Å². The topological polar surface area (TPSA) is 47.6 Å². The molecule has 96 valence electrons. The molecule has 1 heterocycles. The van der Waals surface area contributed by atoms with Crippen LogP contribution in [0.15, 0.2) is 29.8 Å². The molecule has 1 aliphatic heterocycles. The maximum absolute atomic E-state index is 11.5. The molecule has 1 aromatic carbocycles. The summed E-state index contributed by atoms with van der Waals surface area (Å²) < 4.78 is 10.9. The number of rotatable bonds is 3. The summed E-state index contributed by atoms with van der Waals surface area (Å²) in [5, 5.41) is 2.83. The summed E-state index contributed by atoms with van der Waals surface area (Å²) in [5.41, 5.74) is 1.98. The summed E-state index contributed by atoms with van der Waals surface area (Å²) in [5.74, 6) is 1.43. The standard InChI is InChI=1S/C14H17NO3/c1-10(2)7-14(16)15-9-11-3-4-12-13(8-11)18-6-5-17-12/h3-4,7-8H,5-6,9H2,1-2H3,(H,15,16). The summed E-state index contributed by atoms with van der Waals surface area (Å²) in [6.07, 6.45) is 1.58. The van der Waals surface area contributed by atoms with Gasteiger partial charge in [0.15, 0.2) is 11.5 Å². The molecule has 4 nitrogen and oxygen atoms in total. The van der Waals surface area contributed by atoms with Crippen molar-refractivity contribution in [1.29, 1.82) is 0 Å². The Morgan fingerprint density at radius 2 is 2.00 bits per heavy atom. The third kappa shape index (κ3) is 3.26. The molecule has 1 N–H and O–H groups in total. The Morgan fingerprint density at radius 1 is 1.28 bits per heavy atom. The first-order valence-corrected chi connectivity index (χ1v) is 5.96. The molecular formula is C14H17NO3. The summed E-state index contributed by atoms with van der Waals surface area (Å²) >= 11 is 0. The van der Waals surface area contributed by atoms with E-state index < -0.39 is 0 Å². The van der Waals surface area contributed by atoms with E-state index in [2.05, 4.69) is 5.32 Å². The molecule has 0 aliphatic carbocycles. The van der Waals surface area contributed by atoms with E-state index in [1.165, 1.54) is 0 Å². The van der Waals surface area contributed by atoms with Crippen LogP contribution in [0.5, 0.6) is 11.5 Å². The zero-order valence-electron chi connectivity index (χ0n) is 10.7. The zero-order valence-corrected chi connectivity index (χ0v) is 10.7. The highest BCUT2D eigenvalue weighted by Crippen LogP contribution is 2.30. The number of allylic oxidation sites excluding steroid dienone is 1. The number of carbonyl (C=O) groups excluding carboxylic acids is 1. The summed E-state index contributed by atoms with van der Waals surface area (Å²) in [6.45, 7) is 5.43. The van der Waals surface area contributed by atoms with E-state index in [4.69, 9.17) is 9.47 Å². The summed E-state index contributed by atoms with van der Waals surface area (Å²) in [6, 6.07) is 5.70. The maximum Gasteiger partial charge on any atom is 0.244 e. The molecule has 18 heavy (non-hydrogen) atoms. The number of benzene rings is 1. The molecule has 0 fully saturated rings. The molecule has 0 aromatic heterocycles. The van der Waals surface area contributed by atoms with Gasteiger partial charge in [-0.25, -0.2) is 0 Å². The van der Waals surface area contributed by atoms with Gasteiger partial charge in [-0.15, -0.1) is 0 Å². The Bertz CT molecular complexity index is 476. The van der Waals surface area contributed by atoms with Crippen LogP contribution in [-0.4, -0.2) is 19.1 Å². The highest BCUT2D eigenvalue weighted by atomic mass is 16.6. The molecule has 0 spiro atoms. The van der Waals surface area contributed by atoms with E-state index in [9.17, 15) is 4.79 Å². The van der Waals surface area contributed by atoms with Gasteiger partial charge in [0.05, 0.1) is 0 Å². The Kier molecular flexibility index (Phi) is 3.87. The van der Waals surface area contributed by atoms with Crippen LogP contribution in [-0.2, 0) is 11.3 Å². The molecular weight excluding hydrogens is 230 g/mol. The minimum atomic E-state index is -0.0788. The van der Waals surface area contributed by atoms with Crippen LogP contribution >= 0.6 is 0 Å². The number of nitrogens with one attached hydrogen (secondary N) is 1. The molecule has 0 bridgehead atoms. The number of fused-ring (bicyclic) bond motifs is 1. The molecule has 4 heteroatoms. The molecule has 2 rings (SSSR count). The Hall–Kier alpha value is -1.97. The van der Waals surface area contributed by atoms with Crippen molar-refractivity contribution >= 4 is 5.91 Å². The van der Waals surface area contributed by atoms with Crippen molar-refractivity contribution < 1.29 is 14.3 Å². The van der Waals surface area contributed by atoms with Crippen LogP contribution in [0.2, 0.25) is 0 Å². The molecule has 1 amide bonds. The van der Waals surface area contributed by atoms with Gasteiger partial charge < -0.3 is 14.8 Å². The predicted octanol–water partition coefficient (Wildman–Crippen LogP) is 2.04. The van der Waals surface area contributed by atoms with E-state index in [1.54, 1.807) is 6.08 Å². The largest absolute Gasteiger partial charge is 0.486 e. The molecule has 0 saturated heterocycles. The Labute approximate surface area is 107 Å². The van der Waals surface area contributed by atoms with Gasteiger partial charge >= 0.3 is 0 Å². The SMILES string of the molecule is CC(C)=CC(=O)NCc1ccc2c(c1)OCCO2. The second kappa shape index (κ2) is 5.58. The minimum absolute atomic E-state index is 0.0788. The quantitative estimate of drug-likeness (QED) is 0.831. The van der Waals surface area contributed by atoms with Gasteiger partial charge in [0, 0.05) is 12.6 Å². The van der Waals surface area contributed by atoms with Crippen LogP contribution in [0.4, 0.5) is 0 Å². The zero-order chi connectivity index (χ0) is 13.0. The number of hydrogen-bond acceptors (Lipinski definition) is 3. The second-order valence-electron chi connectivity index (χ2n) is 4.42. The number of carbonyl (C=O) groups is 1. The monoisotopic (exact) mass is 247 g/mol. The fourth-order valence-electron chi connectivity index (χ4n) is 1.70. The van der Waals surface area contributed by atoms with Crippen molar-refractivity contribution in [2.75, 3.05) is 13.2 Å². The van der Waals surface area contributed by atoms with Gasteiger partial charge in [0.25, 0.3) is 0 Å². The van der Waals surface area contributed by atoms with Gasteiger partial charge in [-0.2, -0.15) is 0 Å². The first-order valence-electron chi connectivity index (χ1n) is 5.96. The summed E-state index contributed by atoms with van der Waals surface area (Å²) in [7, 11) is 0. The average Bonchev–Trinajstić information content (AvgIpc) is 2.35. The normalized spacial score (nSPS) is 12.8. The molecule has 0 saturated carbocycles. The van der Waals surface area contributed by atoms with E-state index in [-0.39, 0.29) is 5.91 Å². The predicted molar refractivity (Wildman–Crippen MR) is 68.7 cm³/mol. The van der Waals surface area contributed by atoms with Gasteiger partial charge in [-0.3, -0.25) is 4.79 Å². The van der Waals surface area contributed by atoms with Crippen molar-refractivity contribution in [2.45, 2.75) is 20.4 Å². The Morgan fingerprint density at radius 3 is 2.72 bits per heavy atom. The van der Waals surface area contributed by atoms with Crippen LogP contribution in [0.1, 0.15) is 19.4 Å². The van der Waals surface area contributed by atoms with Crippen molar-refractivity contribution in [3.63, 3.8) is 0 Å². The van der Waals surface area contributed by atoms with E-state index in [0.717, 1.165) is 22.6 Å². The molecule has 0 radical (unpaired) electrons. The maximum atomic E-state index is 11.5. The van der Waals surface area contributed by atoms with Crippen LogP contribution in [0.25, 0.3) is 0 Å². The Balaban J connectivity index is 1.98. The van der Waals surface area contributed by atoms with Crippen LogP contribution in [0.3, 0.4) is 0 Å². The second-order valence-corrected chi connectivity index (χ2v) is 4.42. The highest BCUT2D eigenvalue weighted by Gasteiger charge is 2.11. The van der Waals surface area contributed by atoms with Crippen molar-refractivity contribution in [3.05, 3.63) is 35.4 Å². The fourth-order valence-corrected chi connectivity index (χ4v) is 1.70. The number of amides is 1. The van der Waals surface area contributed by atoms with E-state index in [0.29, 0.717) is 19.8 Å². The van der Waals surface area contributed by atoms with Gasteiger partial charge in [-0.1, -0.05) is 11.6 Å². The average molecular weight is 247 g/mol. The van der Waals surface area contributed by atoms with Gasteiger partial charge in [0.2, 0.25) is 5.91 Å². The van der Waals surface area contributed by atoms with Crippen molar-refractivity contribution in [1.82, 2.24) is 5.32 Å². The number of ether oxygens (including phenoxy) is 2. The van der Waals surface area contributed by atoms with Gasteiger partial charge in [0.1, 0.15) is 13.2 Å². The van der Waals surface area contributed by atoms with E-state index in [1.807, 2.05) is 32.0 Å².